The number of nitrogens with two attached hydrogens (primary N) is 1. The summed E-state index contributed by atoms with van der Waals surface area (Å²) in [5.74, 6) is 0. The molecule has 0 saturated carbocycles. The highest BCUT2D eigenvalue weighted by Crippen LogP contribution is 2.18. The molecule has 2 rings (SSSR count). The molecule has 0 saturated heterocycles. The summed E-state index contributed by atoms with van der Waals surface area (Å²) >= 11 is 0. The molecule has 2 aromatic rings. The Bertz CT molecular complexity index is 455. The lowest BCUT2D eigenvalue weighted by Gasteiger charge is -2.07. The van der Waals surface area contributed by atoms with Crippen LogP contribution in [0.1, 0.15) is 5.56 Å². The molecular weight excluding hydrogens is 267 g/mol. The topological polar surface area (TPSA) is 38.0 Å². The van der Waals surface area contributed by atoms with Crippen molar-refractivity contribution in [3.8, 4) is 0 Å². The van der Waals surface area contributed by atoms with Crippen LogP contribution in [0, 0.1) is 0 Å². The van der Waals surface area contributed by atoms with E-state index in [0.29, 0.717) is 6.54 Å². The van der Waals surface area contributed by atoms with Gasteiger partial charge in [0.15, 0.2) is 0 Å². The Morgan fingerprint density at radius 1 is 0.889 bits per heavy atom. The van der Waals surface area contributed by atoms with Gasteiger partial charge in [0.2, 0.25) is 0 Å². The molecule has 0 unspecified atom stereocenters. The van der Waals surface area contributed by atoms with E-state index in [-0.39, 0.29) is 24.8 Å². The lowest BCUT2D eigenvalue weighted by Crippen LogP contribution is -2.24. The summed E-state index contributed by atoms with van der Waals surface area (Å²) in [5.41, 5.74) is 6.84. The largest absolute Gasteiger partial charge is 0.329 e. The Balaban J connectivity index is 0.00000144. The van der Waals surface area contributed by atoms with Crippen LogP contribution in [0.5, 0.6) is 0 Å². The van der Waals surface area contributed by atoms with Gasteiger partial charge in [-0.2, -0.15) is 0 Å². The van der Waals surface area contributed by atoms with Gasteiger partial charge in [0.05, 0.1) is 0 Å². The Hall–Kier alpha value is -0.800. The quantitative estimate of drug-likeness (QED) is 0.830. The minimum atomic E-state index is 0. The molecule has 0 heterocycles. The van der Waals surface area contributed by atoms with Gasteiger partial charge in [-0.25, -0.2) is 0 Å². The van der Waals surface area contributed by atoms with Crippen LogP contribution in [0.2, 0.25) is 0 Å². The summed E-state index contributed by atoms with van der Waals surface area (Å²) in [6.45, 7) is 2.59. The lowest BCUT2D eigenvalue weighted by molar-refractivity contribution is 0.690. The van der Waals surface area contributed by atoms with Crippen LogP contribution in [-0.2, 0) is 6.42 Å². The van der Waals surface area contributed by atoms with Gasteiger partial charge in [-0.05, 0) is 29.3 Å². The summed E-state index contributed by atoms with van der Waals surface area (Å²) in [4.78, 5) is 0. The minimum absolute atomic E-state index is 0. The number of nitrogens with one attached hydrogen (secondary N) is 1. The summed E-state index contributed by atoms with van der Waals surface area (Å²) < 4.78 is 0. The highest BCUT2D eigenvalue weighted by molar-refractivity contribution is 5.86. The predicted octanol–water partition coefficient (Wildman–Crippen LogP) is 2.77. The summed E-state index contributed by atoms with van der Waals surface area (Å²) in [5, 5.41) is 6.00. The fourth-order valence-corrected chi connectivity index (χ4v) is 1.96. The van der Waals surface area contributed by atoms with Gasteiger partial charge >= 0.3 is 0 Å². The van der Waals surface area contributed by atoms with Crippen LogP contribution in [0.25, 0.3) is 10.8 Å². The van der Waals surface area contributed by atoms with Gasteiger partial charge < -0.3 is 11.1 Å². The molecule has 4 heteroatoms. The molecule has 0 fully saturated rings. The molecule has 3 N–H and O–H groups in total. The normalized spacial score (nSPS) is 9.61. The van der Waals surface area contributed by atoms with Crippen LogP contribution < -0.4 is 11.1 Å². The number of hydrogen-bond donors (Lipinski definition) is 2. The van der Waals surface area contributed by atoms with Gasteiger partial charge in [0, 0.05) is 13.1 Å². The average Bonchev–Trinajstić information content (AvgIpc) is 2.35. The summed E-state index contributed by atoms with van der Waals surface area (Å²) in [6, 6.07) is 15.0. The molecule has 100 valence electrons. The zero-order valence-corrected chi connectivity index (χ0v) is 11.9. The minimum Gasteiger partial charge on any atom is -0.329 e. The van der Waals surface area contributed by atoms with Crippen LogP contribution in [0.3, 0.4) is 0 Å². The fourth-order valence-electron chi connectivity index (χ4n) is 1.96. The number of benzene rings is 2. The Kier molecular flexibility index (Phi) is 8.77. The van der Waals surface area contributed by atoms with E-state index in [2.05, 4.69) is 47.8 Å². The maximum atomic E-state index is 5.44. The summed E-state index contributed by atoms with van der Waals surface area (Å²) in [7, 11) is 0. The maximum absolute atomic E-state index is 5.44. The number of rotatable bonds is 5. The van der Waals surface area contributed by atoms with Crippen molar-refractivity contribution in [3.05, 3.63) is 48.0 Å². The van der Waals surface area contributed by atoms with Crippen molar-refractivity contribution in [1.82, 2.24) is 5.32 Å². The maximum Gasteiger partial charge on any atom is 0.00746 e. The van der Waals surface area contributed by atoms with Gasteiger partial charge in [-0.1, -0.05) is 42.5 Å². The Labute approximate surface area is 121 Å². The molecule has 0 aliphatic heterocycles. The summed E-state index contributed by atoms with van der Waals surface area (Å²) in [6.07, 6.45) is 1.06. The first kappa shape index (κ1) is 17.2. The van der Waals surface area contributed by atoms with Gasteiger partial charge in [0.1, 0.15) is 0 Å². The zero-order valence-electron chi connectivity index (χ0n) is 10.3. The van der Waals surface area contributed by atoms with E-state index < -0.39 is 0 Å². The number of fused-ring (bicyclic) bond motifs is 1. The average molecular weight is 287 g/mol. The van der Waals surface area contributed by atoms with Crippen LogP contribution in [0.4, 0.5) is 0 Å². The first-order valence-corrected chi connectivity index (χ1v) is 5.79. The molecule has 0 aliphatic carbocycles. The Morgan fingerprint density at radius 3 is 2.39 bits per heavy atom. The molecule has 0 radical (unpaired) electrons. The van der Waals surface area contributed by atoms with E-state index in [4.69, 9.17) is 5.73 Å². The number of halogens is 2. The smallest absolute Gasteiger partial charge is 0.00746 e. The third kappa shape index (κ3) is 4.46. The SMILES string of the molecule is Cl.Cl.NCCNCCc1cccc2ccccc12. The molecule has 0 aliphatic rings. The predicted molar refractivity (Wildman–Crippen MR) is 84.1 cm³/mol. The van der Waals surface area contributed by atoms with Gasteiger partial charge in [-0.15, -0.1) is 24.8 Å². The highest BCUT2D eigenvalue weighted by atomic mass is 35.5. The molecule has 18 heavy (non-hydrogen) atoms. The number of hydrogen-bond acceptors (Lipinski definition) is 2. The first-order chi connectivity index (χ1) is 7.92. The monoisotopic (exact) mass is 286 g/mol. The van der Waals surface area contributed by atoms with Gasteiger partial charge in [0.25, 0.3) is 0 Å². The van der Waals surface area contributed by atoms with Crippen LogP contribution >= 0.6 is 24.8 Å². The van der Waals surface area contributed by atoms with Crippen molar-refractivity contribution in [1.29, 1.82) is 0 Å². The lowest BCUT2D eigenvalue weighted by atomic mass is 10.0. The van der Waals surface area contributed by atoms with E-state index in [9.17, 15) is 0 Å². The molecule has 0 bridgehead atoms. The molecule has 0 atom stereocenters. The molecular formula is C14H20Cl2N2. The fraction of sp³-hybridized carbons (Fsp3) is 0.286. The van der Waals surface area contributed by atoms with E-state index >= 15 is 0 Å². The second-order valence-electron chi connectivity index (χ2n) is 3.93. The van der Waals surface area contributed by atoms with E-state index in [1.807, 2.05) is 0 Å². The van der Waals surface area contributed by atoms with E-state index in [1.54, 1.807) is 0 Å². The molecule has 0 amide bonds. The third-order valence-corrected chi connectivity index (χ3v) is 2.77. The second-order valence-corrected chi connectivity index (χ2v) is 3.93. The van der Waals surface area contributed by atoms with E-state index in [1.165, 1.54) is 16.3 Å². The Morgan fingerprint density at radius 2 is 1.61 bits per heavy atom. The first-order valence-electron chi connectivity index (χ1n) is 5.79. The molecule has 2 aromatic carbocycles. The molecule has 2 nitrogen and oxygen atoms in total. The van der Waals surface area contributed by atoms with Crippen LogP contribution in [0.15, 0.2) is 42.5 Å². The highest BCUT2D eigenvalue weighted by Gasteiger charge is 1.99. The van der Waals surface area contributed by atoms with Crippen molar-refractivity contribution in [3.63, 3.8) is 0 Å². The van der Waals surface area contributed by atoms with Gasteiger partial charge in [-0.3, -0.25) is 0 Å². The molecule has 0 spiro atoms. The van der Waals surface area contributed by atoms with Crippen molar-refractivity contribution in [2.75, 3.05) is 19.6 Å². The van der Waals surface area contributed by atoms with Crippen molar-refractivity contribution in [2.24, 2.45) is 5.73 Å². The van der Waals surface area contributed by atoms with Crippen molar-refractivity contribution in [2.45, 2.75) is 6.42 Å². The zero-order chi connectivity index (χ0) is 11.2. The van der Waals surface area contributed by atoms with Crippen LogP contribution in [-0.4, -0.2) is 19.6 Å². The van der Waals surface area contributed by atoms with Crippen molar-refractivity contribution >= 4 is 35.6 Å². The second kappa shape index (κ2) is 9.17. The molecule has 0 aromatic heterocycles. The van der Waals surface area contributed by atoms with E-state index in [0.717, 1.165) is 19.5 Å². The standard InChI is InChI=1S/C14H18N2.2ClH/c15-9-11-16-10-8-13-6-3-5-12-4-1-2-7-14(12)13;;/h1-7,16H,8-11,15H2;2*1H. The third-order valence-electron chi connectivity index (χ3n) is 2.77. The van der Waals surface area contributed by atoms with Crippen molar-refractivity contribution < 1.29 is 0 Å².